The van der Waals surface area contributed by atoms with Gasteiger partial charge in [0.2, 0.25) is 0 Å². The Labute approximate surface area is 127 Å². The van der Waals surface area contributed by atoms with Crippen LogP contribution in [0.1, 0.15) is 11.1 Å². The highest BCUT2D eigenvalue weighted by atomic mass is 16.6. The standard InChI is InChI=1S/C16H16N2O4/c1-12-4-2-3-5-15(12)22-11-16(19)17-10-13-6-8-14(9-7-13)18(20)21/h2-9H,10-11H2,1H3,(H,17,19). The molecule has 114 valence electrons. The number of hydrogen-bond acceptors (Lipinski definition) is 4. The van der Waals surface area contributed by atoms with Gasteiger partial charge in [-0.05, 0) is 24.1 Å². The van der Waals surface area contributed by atoms with E-state index in [0.717, 1.165) is 11.1 Å². The summed E-state index contributed by atoms with van der Waals surface area (Å²) in [5.74, 6) is 0.426. The van der Waals surface area contributed by atoms with E-state index in [-0.39, 0.29) is 18.2 Å². The summed E-state index contributed by atoms with van der Waals surface area (Å²) >= 11 is 0. The van der Waals surface area contributed by atoms with Crippen molar-refractivity contribution < 1.29 is 14.5 Å². The Bertz CT molecular complexity index is 668. The summed E-state index contributed by atoms with van der Waals surface area (Å²) in [7, 11) is 0. The molecule has 0 atom stereocenters. The Balaban J connectivity index is 1.80. The fourth-order valence-corrected chi connectivity index (χ4v) is 1.85. The molecule has 0 radical (unpaired) electrons. The fourth-order valence-electron chi connectivity index (χ4n) is 1.85. The van der Waals surface area contributed by atoms with Crippen LogP contribution in [0.15, 0.2) is 48.5 Å². The zero-order valence-electron chi connectivity index (χ0n) is 12.1. The van der Waals surface area contributed by atoms with Crippen LogP contribution in [0.3, 0.4) is 0 Å². The van der Waals surface area contributed by atoms with Gasteiger partial charge in [0.15, 0.2) is 6.61 Å². The number of para-hydroxylation sites is 1. The average molecular weight is 300 g/mol. The van der Waals surface area contributed by atoms with Crippen LogP contribution in [0.25, 0.3) is 0 Å². The van der Waals surface area contributed by atoms with E-state index in [1.807, 2.05) is 25.1 Å². The molecule has 22 heavy (non-hydrogen) atoms. The first-order valence-electron chi connectivity index (χ1n) is 6.75. The number of aryl methyl sites for hydroxylation is 1. The van der Waals surface area contributed by atoms with Crippen molar-refractivity contribution in [2.75, 3.05) is 6.61 Å². The molecular weight excluding hydrogens is 284 g/mol. The number of carbonyl (C=O) groups is 1. The van der Waals surface area contributed by atoms with Crippen molar-refractivity contribution in [3.63, 3.8) is 0 Å². The van der Waals surface area contributed by atoms with Crippen LogP contribution >= 0.6 is 0 Å². The van der Waals surface area contributed by atoms with Gasteiger partial charge in [-0.15, -0.1) is 0 Å². The molecule has 0 aliphatic carbocycles. The first-order chi connectivity index (χ1) is 10.6. The second-order valence-electron chi connectivity index (χ2n) is 4.75. The maximum absolute atomic E-state index is 11.7. The molecule has 0 fully saturated rings. The number of benzene rings is 2. The Hall–Kier alpha value is -2.89. The minimum Gasteiger partial charge on any atom is -0.484 e. The topological polar surface area (TPSA) is 81.5 Å². The molecule has 2 rings (SSSR count). The van der Waals surface area contributed by atoms with Gasteiger partial charge in [0.05, 0.1) is 4.92 Å². The number of nitrogens with one attached hydrogen (secondary N) is 1. The van der Waals surface area contributed by atoms with E-state index in [1.54, 1.807) is 18.2 Å². The number of rotatable bonds is 6. The zero-order chi connectivity index (χ0) is 15.9. The zero-order valence-corrected chi connectivity index (χ0v) is 12.1. The van der Waals surface area contributed by atoms with Gasteiger partial charge in [-0.3, -0.25) is 14.9 Å². The van der Waals surface area contributed by atoms with Gasteiger partial charge < -0.3 is 10.1 Å². The molecule has 0 aromatic heterocycles. The fraction of sp³-hybridized carbons (Fsp3) is 0.188. The number of nitro groups is 1. The maximum Gasteiger partial charge on any atom is 0.269 e. The lowest BCUT2D eigenvalue weighted by Gasteiger charge is -2.09. The van der Waals surface area contributed by atoms with Crippen molar-refractivity contribution in [3.05, 3.63) is 69.8 Å². The van der Waals surface area contributed by atoms with Crippen LogP contribution in [0, 0.1) is 17.0 Å². The summed E-state index contributed by atoms with van der Waals surface area (Å²) < 4.78 is 5.44. The summed E-state index contributed by atoms with van der Waals surface area (Å²) in [5, 5.41) is 13.2. The third-order valence-electron chi connectivity index (χ3n) is 3.09. The van der Waals surface area contributed by atoms with E-state index in [9.17, 15) is 14.9 Å². The molecule has 0 aliphatic rings. The number of non-ortho nitro benzene ring substituents is 1. The molecule has 0 heterocycles. The van der Waals surface area contributed by atoms with E-state index < -0.39 is 4.92 Å². The molecular formula is C16H16N2O4. The van der Waals surface area contributed by atoms with Crippen LogP contribution in [0.2, 0.25) is 0 Å². The highest BCUT2D eigenvalue weighted by molar-refractivity contribution is 5.77. The van der Waals surface area contributed by atoms with E-state index >= 15 is 0 Å². The lowest BCUT2D eigenvalue weighted by atomic mass is 10.2. The largest absolute Gasteiger partial charge is 0.484 e. The molecule has 0 unspecified atom stereocenters. The van der Waals surface area contributed by atoms with E-state index in [4.69, 9.17) is 4.74 Å². The molecule has 2 aromatic rings. The molecule has 1 N–H and O–H groups in total. The molecule has 0 spiro atoms. The van der Waals surface area contributed by atoms with Crippen LogP contribution in [-0.4, -0.2) is 17.4 Å². The van der Waals surface area contributed by atoms with Crippen molar-refractivity contribution >= 4 is 11.6 Å². The number of carbonyl (C=O) groups excluding carboxylic acids is 1. The lowest BCUT2D eigenvalue weighted by Crippen LogP contribution is -2.28. The van der Waals surface area contributed by atoms with Gasteiger partial charge in [0.25, 0.3) is 11.6 Å². The molecule has 0 aliphatic heterocycles. The van der Waals surface area contributed by atoms with E-state index in [0.29, 0.717) is 12.3 Å². The molecule has 6 heteroatoms. The summed E-state index contributed by atoms with van der Waals surface area (Å²) in [5.41, 5.74) is 1.78. The first kappa shape index (κ1) is 15.5. The monoisotopic (exact) mass is 300 g/mol. The first-order valence-corrected chi connectivity index (χ1v) is 6.75. The predicted octanol–water partition coefficient (Wildman–Crippen LogP) is 2.60. The molecule has 0 bridgehead atoms. The van der Waals surface area contributed by atoms with Crippen molar-refractivity contribution in [1.29, 1.82) is 0 Å². The summed E-state index contributed by atoms with van der Waals surface area (Å²) in [6.07, 6.45) is 0. The third-order valence-corrected chi connectivity index (χ3v) is 3.09. The highest BCUT2D eigenvalue weighted by Gasteiger charge is 2.06. The Morgan fingerprint density at radius 2 is 1.86 bits per heavy atom. The van der Waals surface area contributed by atoms with Gasteiger partial charge in [-0.25, -0.2) is 0 Å². The Kier molecular flexibility index (Phi) is 5.08. The van der Waals surface area contributed by atoms with Crippen LogP contribution in [-0.2, 0) is 11.3 Å². The van der Waals surface area contributed by atoms with Gasteiger partial charge in [-0.1, -0.05) is 30.3 Å². The van der Waals surface area contributed by atoms with E-state index in [2.05, 4.69) is 5.32 Å². The number of hydrogen-bond donors (Lipinski definition) is 1. The number of ether oxygens (including phenoxy) is 1. The summed E-state index contributed by atoms with van der Waals surface area (Å²) in [6, 6.07) is 13.5. The predicted molar refractivity (Wildman–Crippen MR) is 81.6 cm³/mol. The number of nitro benzene ring substituents is 1. The maximum atomic E-state index is 11.7. The number of nitrogens with zero attached hydrogens (tertiary/aromatic N) is 1. The molecule has 0 saturated carbocycles. The SMILES string of the molecule is Cc1ccccc1OCC(=O)NCc1ccc([N+](=O)[O-])cc1. The van der Waals surface area contributed by atoms with Gasteiger partial charge in [0, 0.05) is 18.7 Å². The quantitative estimate of drug-likeness (QED) is 0.656. The molecule has 0 saturated heterocycles. The summed E-state index contributed by atoms with van der Waals surface area (Å²) in [4.78, 5) is 21.8. The average Bonchev–Trinajstić information content (AvgIpc) is 2.52. The second kappa shape index (κ2) is 7.21. The highest BCUT2D eigenvalue weighted by Crippen LogP contribution is 2.15. The minimum atomic E-state index is -0.460. The van der Waals surface area contributed by atoms with Gasteiger partial charge >= 0.3 is 0 Å². The van der Waals surface area contributed by atoms with Crippen molar-refractivity contribution in [1.82, 2.24) is 5.32 Å². The minimum absolute atomic E-state index is 0.0259. The smallest absolute Gasteiger partial charge is 0.269 e. The normalized spacial score (nSPS) is 10.0. The summed E-state index contributed by atoms with van der Waals surface area (Å²) in [6.45, 7) is 2.13. The van der Waals surface area contributed by atoms with Crippen LogP contribution in [0.5, 0.6) is 5.75 Å². The van der Waals surface area contributed by atoms with Crippen LogP contribution in [0.4, 0.5) is 5.69 Å². The van der Waals surface area contributed by atoms with Gasteiger partial charge in [0.1, 0.15) is 5.75 Å². The second-order valence-corrected chi connectivity index (χ2v) is 4.75. The van der Waals surface area contributed by atoms with Crippen molar-refractivity contribution in [3.8, 4) is 5.75 Å². The van der Waals surface area contributed by atoms with Crippen molar-refractivity contribution in [2.24, 2.45) is 0 Å². The van der Waals surface area contributed by atoms with Crippen LogP contribution < -0.4 is 10.1 Å². The molecule has 6 nitrogen and oxygen atoms in total. The van der Waals surface area contributed by atoms with Gasteiger partial charge in [-0.2, -0.15) is 0 Å². The lowest BCUT2D eigenvalue weighted by molar-refractivity contribution is -0.384. The Morgan fingerprint density at radius 1 is 1.18 bits per heavy atom. The Morgan fingerprint density at radius 3 is 2.50 bits per heavy atom. The molecule has 2 aromatic carbocycles. The number of amides is 1. The van der Waals surface area contributed by atoms with E-state index in [1.165, 1.54) is 12.1 Å². The van der Waals surface area contributed by atoms with Crippen molar-refractivity contribution in [2.45, 2.75) is 13.5 Å². The molecule has 1 amide bonds. The third kappa shape index (κ3) is 4.31.